The second-order valence-electron chi connectivity index (χ2n) is 6.91. The standard InChI is InChI=1S/C16H23N6O3S/c1-26(9-3-2-8(17)4-9)5-10-12(23)13(24)16(25-10)22-7-21-11-14(18)19-6-20-15(11)22/h2-3,6-10,12-13,16,23-24H,4-5,17H2,1H3,(H2,18,19,20)/q+1/p+1/t8-,9?,10+,12+,13+,16+,26?/m0/s1. The number of hydrogen-bond donors (Lipinski definition) is 4. The number of aromatic nitrogens is 4. The summed E-state index contributed by atoms with van der Waals surface area (Å²) in [6.07, 6.45) is 7.16. The summed E-state index contributed by atoms with van der Waals surface area (Å²) in [7, 11) is 0.0225. The summed E-state index contributed by atoms with van der Waals surface area (Å²) in [5.41, 5.74) is 10.8. The van der Waals surface area contributed by atoms with Gasteiger partial charge in [-0.2, -0.15) is 0 Å². The molecule has 0 bridgehead atoms. The van der Waals surface area contributed by atoms with Crippen LogP contribution in [0.2, 0.25) is 0 Å². The van der Waals surface area contributed by atoms with Gasteiger partial charge in [0, 0.05) is 0 Å². The van der Waals surface area contributed by atoms with Crippen LogP contribution >= 0.6 is 0 Å². The van der Waals surface area contributed by atoms with Gasteiger partial charge in [-0.1, -0.05) is 0 Å². The summed E-state index contributed by atoms with van der Waals surface area (Å²) >= 11 is 0. The van der Waals surface area contributed by atoms with E-state index in [0.717, 1.165) is 6.42 Å². The molecule has 0 radical (unpaired) electrons. The quantitative estimate of drug-likeness (QED) is 0.362. The highest BCUT2D eigenvalue weighted by atomic mass is 32.2. The van der Waals surface area contributed by atoms with Crippen LogP contribution in [0.5, 0.6) is 0 Å². The average Bonchev–Trinajstić information content (AvgIpc) is 3.30. The van der Waals surface area contributed by atoms with Crippen LogP contribution in [0, 0.1) is 0 Å². The fourth-order valence-corrected chi connectivity index (χ4v) is 5.55. The lowest BCUT2D eigenvalue weighted by Crippen LogP contribution is -2.59. The van der Waals surface area contributed by atoms with Crippen molar-refractivity contribution in [1.82, 2.24) is 19.5 Å². The minimum absolute atomic E-state index is 0.0225. The maximum absolute atomic E-state index is 10.5. The molecule has 2 aromatic heterocycles. The first kappa shape index (κ1) is 17.7. The smallest absolute Gasteiger partial charge is 0.167 e. The molecule has 7 N–H and O–H groups in total. The Kier molecular flexibility index (Phi) is 4.61. The van der Waals surface area contributed by atoms with E-state index in [9.17, 15) is 10.2 Å². The number of fused-ring (bicyclic) bond motifs is 1. The van der Waals surface area contributed by atoms with Gasteiger partial charge >= 0.3 is 0 Å². The molecule has 4 rings (SSSR count). The summed E-state index contributed by atoms with van der Waals surface area (Å²) < 4.78 is 7.63. The van der Waals surface area contributed by atoms with Gasteiger partial charge in [-0.25, -0.2) is 15.0 Å². The molecule has 0 spiro atoms. The number of aliphatic hydroxyl groups excluding tert-OH is 2. The molecule has 9 nitrogen and oxygen atoms in total. The normalized spacial score (nSPS) is 35.4. The zero-order valence-corrected chi connectivity index (χ0v) is 15.3. The molecule has 0 aromatic carbocycles. The van der Waals surface area contributed by atoms with Gasteiger partial charge in [0.2, 0.25) is 0 Å². The third kappa shape index (κ3) is 2.97. The van der Waals surface area contributed by atoms with E-state index in [1.54, 1.807) is 4.57 Å². The lowest BCUT2D eigenvalue weighted by molar-refractivity contribution is -0.402. The van der Waals surface area contributed by atoms with E-state index in [-0.39, 0.29) is 16.7 Å². The van der Waals surface area contributed by atoms with Crippen LogP contribution in [0.3, 0.4) is 0 Å². The predicted molar refractivity (Wildman–Crippen MR) is 98.0 cm³/mol. The van der Waals surface area contributed by atoms with Gasteiger partial charge in [-0.3, -0.25) is 4.57 Å². The Morgan fingerprint density at radius 1 is 1.31 bits per heavy atom. The molecule has 1 aliphatic carbocycles. The molecule has 2 unspecified atom stereocenters. The van der Waals surface area contributed by atoms with Crippen molar-refractivity contribution in [2.75, 3.05) is 17.7 Å². The van der Waals surface area contributed by atoms with Crippen LogP contribution < -0.4 is 11.5 Å². The van der Waals surface area contributed by atoms with Gasteiger partial charge in [0.15, 0.2) is 17.7 Å². The first-order valence-electron chi connectivity index (χ1n) is 8.53. The molecule has 26 heavy (non-hydrogen) atoms. The lowest BCUT2D eigenvalue weighted by Gasteiger charge is -2.17. The first-order valence-corrected chi connectivity index (χ1v) is 10.4. The largest absolute Gasteiger partial charge is 0.387 e. The predicted octanol–water partition coefficient (Wildman–Crippen LogP) is -1.79. The highest BCUT2D eigenvalue weighted by Crippen LogP contribution is 2.33. The highest BCUT2D eigenvalue weighted by Gasteiger charge is 2.47. The molecule has 0 saturated carbocycles. The van der Waals surface area contributed by atoms with Gasteiger partial charge < -0.3 is 26.4 Å². The van der Waals surface area contributed by atoms with Crippen LogP contribution in [0.1, 0.15) is 12.6 Å². The Labute approximate surface area is 153 Å². The number of imidazole rings is 1. The van der Waals surface area contributed by atoms with Crippen LogP contribution in [0.4, 0.5) is 5.82 Å². The van der Waals surface area contributed by atoms with Crippen LogP contribution in [0.15, 0.2) is 24.8 Å². The number of anilines is 1. The third-order valence-electron chi connectivity index (χ3n) is 5.08. The maximum Gasteiger partial charge on any atom is 0.167 e. The molecule has 2 aromatic rings. The van der Waals surface area contributed by atoms with Gasteiger partial charge in [0.1, 0.15) is 47.2 Å². The molecule has 0 amide bonds. The van der Waals surface area contributed by atoms with E-state index in [1.807, 2.05) is 0 Å². The van der Waals surface area contributed by atoms with Crippen molar-refractivity contribution < 1.29 is 20.7 Å². The summed E-state index contributed by atoms with van der Waals surface area (Å²) in [5, 5.41) is 21.5. The van der Waals surface area contributed by atoms with E-state index < -0.39 is 24.5 Å². The van der Waals surface area contributed by atoms with Crippen molar-refractivity contribution in [3.05, 3.63) is 24.8 Å². The Balaban J connectivity index is 1.52. The van der Waals surface area contributed by atoms with Crippen molar-refractivity contribution in [2.24, 2.45) is 0 Å². The number of aliphatic hydroxyl groups is 2. The number of rotatable bonds is 4. The lowest BCUT2D eigenvalue weighted by atomic mass is 10.1. The van der Waals surface area contributed by atoms with E-state index >= 15 is 0 Å². The maximum atomic E-state index is 10.5. The van der Waals surface area contributed by atoms with Gasteiger partial charge in [0.05, 0.1) is 19.0 Å². The third-order valence-corrected chi connectivity index (χ3v) is 7.31. The van der Waals surface area contributed by atoms with Crippen LogP contribution in [-0.2, 0) is 15.6 Å². The fraction of sp³-hybridized carbons (Fsp3) is 0.562. The van der Waals surface area contributed by atoms with Gasteiger partial charge in [-0.05, 0) is 23.0 Å². The Bertz CT molecular complexity index is 829. The van der Waals surface area contributed by atoms with E-state index in [4.69, 9.17) is 10.5 Å². The molecule has 10 heteroatoms. The highest BCUT2D eigenvalue weighted by molar-refractivity contribution is 7.97. The number of nitrogen functional groups attached to an aromatic ring is 1. The van der Waals surface area contributed by atoms with E-state index in [2.05, 4.69) is 39.1 Å². The molecule has 3 heterocycles. The second kappa shape index (κ2) is 6.78. The monoisotopic (exact) mass is 380 g/mol. The summed E-state index contributed by atoms with van der Waals surface area (Å²) in [5.74, 6) is 0.949. The van der Waals surface area contributed by atoms with Crippen LogP contribution in [0.25, 0.3) is 11.2 Å². The Morgan fingerprint density at radius 3 is 2.85 bits per heavy atom. The first-order chi connectivity index (χ1) is 12.5. The van der Waals surface area contributed by atoms with Crippen molar-refractivity contribution >= 4 is 27.9 Å². The van der Waals surface area contributed by atoms with E-state index in [1.165, 1.54) is 12.7 Å². The van der Waals surface area contributed by atoms with Crippen molar-refractivity contribution in [1.29, 1.82) is 0 Å². The minimum Gasteiger partial charge on any atom is -0.387 e. The van der Waals surface area contributed by atoms with Gasteiger partial charge in [-0.15, -0.1) is 0 Å². The van der Waals surface area contributed by atoms with Crippen molar-refractivity contribution in [3.63, 3.8) is 0 Å². The zero-order valence-electron chi connectivity index (χ0n) is 14.5. The van der Waals surface area contributed by atoms with Crippen LogP contribution in [-0.4, -0.2) is 71.3 Å². The number of quaternary nitrogens is 1. The number of hydrogen-bond acceptors (Lipinski definition) is 7. The molecule has 140 valence electrons. The molecule has 7 atom stereocenters. The molecule has 2 aliphatic rings. The molecule has 1 fully saturated rings. The molecular formula is C16H24N6O3S+2. The summed E-state index contributed by atoms with van der Waals surface area (Å²) in [6, 6.07) is 0.352. The topological polar surface area (TPSA) is 147 Å². The zero-order chi connectivity index (χ0) is 18.4. The Hall–Kier alpha value is -1.72. The van der Waals surface area contributed by atoms with E-state index in [0.29, 0.717) is 28.2 Å². The summed E-state index contributed by atoms with van der Waals surface area (Å²) in [4.78, 5) is 12.3. The second-order valence-corrected chi connectivity index (χ2v) is 9.23. The fourth-order valence-electron chi connectivity index (χ4n) is 3.57. The number of nitrogens with two attached hydrogens (primary N) is 1. The SMILES string of the molecule is C[S+](C[C@H]1O[C@@H](n2cnc3c(N)ncnc32)[C@H](O)[C@@H]1O)C1C=C[C@H]([NH3+])C1. The summed E-state index contributed by atoms with van der Waals surface area (Å²) in [6.45, 7) is 0. The number of ether oxygens (including phenoxy) is 1. The average molecular weight is 380 g/mol. The number of nitrogens with zero attached hydrogens (tertiary/aromatic N) is 4. The van der Waals surface area contributed by atoms with Crippen molar-refractivity contribution in [2.45, 2.75) is 42.3 Å². The van der Waals surface area contributed by atoms with Crippen molar-refractivity contribution in [3.8, 4) is 0 Å². The molecular weight excluding hydrogens is 356 g/mol. The minimum atomic E-state index is -1.06. The Morgan fingerprint density at radius 2 is 2.12 bits per heavy atom. The van der Waals surface area contributed by atoms with Gasteiger partial charge in [0.25, 0.3) is 0 Å². The molecule has 1 aliphatic heterocycles. The molecule has 1 saturated heterocycles.